The first-order chi connectivity index (χ1) is 13.2. The first kappa shape index (κ1) is 17.3. The molecule has 136 valence electrons. The van der Waals surface area contributed by atoms with Crippen LogP contribution in [0.3, 0.4) is 0 Å². The van der Waals surface area contributed by atoms with Crippen molar-refractivity contribution in [1.82, 2.24) is 9.88 Å². The maximum atomic E-state index is 12.6. The summed E-state index contributed by atoms with van der Waals surface area (Å²) in [6.45, 7) is 0.716. The number of hydrogen-bond acceptors (Lipinski definition) is 5. The molecule has 0 N–H and O–H groups in total. The summed E-state index contributed by atoms with van der Waals surface area (Å²) in [7, 11) is 1.75. The average Bonchev–Trinajstić information content (AvgIpc) is 3.33. The van der Waals surface area contributed by atoms with Gasteiger partial charge in [0.2, 0.25) is 0 Å². The topological polar surface area (TPSA) is 55.6 Å². The highest BCUT2D eigenvalue weighted by molar-refractivity contribution is 7.18. The Kier molecular flexibility index (Phi) is 4.89. The molecule has 0 unspecified atom stereocenters. The zero-order chi connectivity index (χ0) is 18.6. The molecule has 2 heterocycles. The van der Waals surface area contributed by atoms with E-state index in [1.165, 1.54) is 0 Å². The maximum Gasteiger partial charge on any atom is 0.289 e. The van der Waals surface area contributed by atoms with E-state index in [9.17, 15) is 4.79 Å². The lowest BCUT2D eigenvalue weighted by molar-refractivity contribution is 0.0749. The lowest BCUT2D eigenvalue weighted by Gasteiger charge is -2.13. The fourth-order valence-corrected chi connectivity index (χ4v) is 3.71. The van der Waals surface area contributed by atoms with Crippen molar-refractivity contribution in [3.63, 3.8) is 0 Å². The minimum atomic E-state index is -0.180. The molecule has 5 nitrogen and oxygen atoms in total. The van der Waals surface area contributed by atoms with Crippen molar-refractivity contribution in [3.05, 3.63) is 83.3 Å². The fraction of sp³-hybridized carbons (Fsp3) is 0.143. The van der Waals surface area contributed by atoms with Gasteiger partial charge in [0.25, 0.3) is 5.91 Å². The van der Waals surface area contributed by atoms with Crippen LogP contribution in [0.1, 0.15) is 21.3 Å². The van der Waals surface area contributed by atoms with Gasteiger partial charge in [-0.15, -0.1) is 11.3 Å². The van der Waals surface area contributed by atoms with E-state index < -0.39 is 0 Å². The number of thiazole rings is 1. The zero-order valence-electron chi connectivity index (χ0n) is 14.8. The van der Waals surface area contributed by atoms with Crippen LogP contribution < -0.4 is 4.74 Å². The quantitative estimate of drug-likeness (QED) is 0.486. The van der Waals surface area contributed by atoms with Crippen molar-refractivity contribution in [2.45, 2.75) is 13.2 Å². The average molecular weight is 378 g/mol. The van der Waals surface area contributed by atoms with Crippen molar-refractivity contribution in [1.29, 1.82) is 0 Å². The summed E-state index contributed by atoms with van der Waals surface area (Å²) in [5.41, 5.74) is 0.955. The van der Waals surface area contributed by atoms with Crippen LogP contribution in [-0.4, -0.2) is 22.8 Å². The number of rotatable bonds is 6. The molecule has 0 spiro atoms. The summed E-state index contributed by atoms with van der Waals surface area (Å²) in [6.07, 6.45) is 0. The molecule has 0 atom stereocenters. The summed E-state index contributed by atoms with van der Waals surface area (Å²) in [5.74, 6) is 1.48. The number of hydrogen-bond donors (Lipinski definition) is 0. The van der Waals surface area contributed by atoms with Crippen LogP contribution >= 0.6 is 11.3 Å². The third-order valence-corrected chi connectivity index (χ3v) is 5.08. The Labute approximate surface area is 160 Å². The largest absolute Gasteiger partial charge is 0.486 e. The molecular weight excluding hydrogens is 360 g/mol. The maximum absolute atomic E-state index is 12.6. The lowest BCUT2D eigenvalue weighted by atomic mass is 10.3. The van der Waals surface area contributed by atoms with Crippen molar-refractivity contribution < 1.29 is 13.9 Å². The van der Waals surface area contributed by atoms with E-state index in [2.05, 4.69) is 4.98 Å². The van der Waals surface area contributed by atoms with Crippen molar-refractivity contribution in [3.8, 4) is 5.75 Å². The van der Waals surface area contributed by atoms with Crippen molar-refractivity contribution in [2.24, 2.45) is 0 Å². The van der Waals surface area contributed by atoms with Crippen molar-refractivity contribution in [2.75, 3.05) is 7.05 Å². The van der Waals surface area contributed by atoms with E-state index >= 15 is 0 Å². The molecular formula is C21H18N2O3S. The summed E-state index contributed by atoms with van der Waals surface area (Å²) >= 11 is 1.59. The summed E-state index contributed by atoms with van der Waals surface area (Å²) in [6, 6.07) is 20.9. The summed E-state index contributed by atoms with van der Waals surface area (Å²) in [4.78, 5) is 18.8. The molecule has 2 aromatic carbocycles. The van der Waals surface area contributed by atoms with E-state index in [1.54, 1.807) is 35.4 Å². The summed E-state index contributed by atoms with van der Waals surface area (Å²) < 4.78 is 12.4. The molecule has 0 saturated heterocycles. The number of ether oxygens (including phenoxy) is 1. The molecule has 0 aliphatic heterocycles. The number of amides is 1. The van der Waals surface area contributed by atoms with Gasteiger partial charge in [0.15, 0.2) is 5.76 Å². The minimum absolute atomic E-state index is 0.180. The second-order valence-corrected chi connectivity index (χ2v) is 7.22. The van der Waals surface area contributed by atoms with E-state index in [0.29, 0.717) is 18.1 Å². The van der Waals surface area contributed by atoms with Gasteiger partial charge in [-0.3, -0.25) is 4.79 Å². The Hall–Kier alpha value is -3.12. The van der Waals surface area contributed by atoms with E-state index in [0.717, 1.165) is 21.0 Å². The van der Waals surface area contributed by atoms with Crippen LogP contribution in [0.25, 0.3) is 10.2 Å². The van der Waals surface area contributed by atoms with Crippen LogP contribution in [0, 0.1) is 0 Å². The highest BCUT2D eigenvalue weighted by Gasteiger charge is 2.18. The van der Waals surface area contributed by atoms with Gasteiger partial charge < -0.3 is 14.1 Å². The highest BCUT2D eigenvalue weighted by Crippen LogP contribution is 2.23. The first-order valence-electron chi connectivity index (χ1n) is 8.55. The van der Waals surface area contributed by atoms with E-state index in [-0.39, 0.29) is 12.5 Å². The zero-order valence-corrected chi connectivity index (χ0v) is 15.6. The molecule has 4 rings (SSSR count). The fourth-order valence-electron chi connectivity index (χ4n) is 2.69. The molecule has 2 aromatic heterocycles. The molecule has 4 aromatic rings. The van der Waals surface area contributed by atoms with Gasteiger partial charge in [-0.2, -0.15) is 0 Å². The number of carbonyl (C=O) groups excluding carboxylic acids is 1. The second kappa shape index (κ2) is 7.63. The van der Waals surface area contributed by atoms with Gasteiger partial charge >= 0.3 is 0 Å². The third kappa shape index (κ3) is 4.01. The van der Waals surface area contributed by atoms with Crippen molar-refractivity contribution >= 4 is 27.5 Å². The Morgan fingerprint density at radius 3 is 2.67 bits per heavy atom. The van der Waals surface area contributed by atoms with Gasteiger partial charge in [-0.05, 0) is 36.4 Å². The Morgan fingerprint density at radius 2 is 1.85 bits per heavy atom. The number of carbonyl (C=O) groups is 1. The molecule has 27 heavy (non-hydrogen) atoms. The number of furan rings is 1. The van der Waals surface area contributed by atoms with Crippen LogP contribution in [0.4, 0.5) is 0 Å². The number of benzene rings is 2. The SMILES string of the molecule is CN(Cc1nc2ccccc2s1)C(=O)c1ccc(COc2ccccc2)o1. The third-order valence-electron chi connectivity index (χ3n) is 4.05. The van der Waals surface area contributed by atoms with Gasteiger partial charge in [-0.1, -0.05) is 30.3 Å². The number of para-hydroxylation sites is 2. The Balaban J connectivity index is 1.39. The van der Waals surface area contributed by atoms with Gasteiger partial charge in [-0.25, -0.2) is 4.98 Å². The molecule has 0 aliphatic rings. The van der Waals surface area contributed by atoms with Gasteiger partial charge in [0, 0.05) is 7.05 Å². The molecule has 0 aliphatic carbocycles. The molecule has 0 fully saturated rings. The number of fused-ring (bicyclic) bond motifs is 1. The van der Waals surface area contributed by atoms with Crippen LogP contribution in [0.5, 0.6) is 5.75 Å². The smallest absolute Gasteiger partial charge is 0.289 e. The highest BCUT2D eigenvalue weighted by atomic mass is 32.1. The normalized spacial score (nSPS) is 10.9. The Bertz CT molecular complexity index is 1020. The number of nitrogens with zero attached hydrogens (tertiary/aromatic N) is 2. The molecule has 1 amide bonds. The number of aromatic nitrogens is 1. The molecule has 0 radical (unpaired) electrons. The first-order valence-corrected chi connectivity index (χ1v) is 9.37. The van der Waals surface area contributed by atoms with E-state index in [4.69, 9.17) is 9.15 Å². The van der Waals surface area contributed by atoms with Gasteiger partial charge in [0.05, 0.1) is 16.8 Å². The second-order valence-electron chi connectivity index (χ2n) is 6.10. The predicted molar refractivity (Wildman–Crippen MR) is 105 cm³/mol. The van der Waals surface area contributed by atoms with Crippen LogP contribution in [-0.2, 0) is 13.2 Å². The monoisotopic (exact) mass is 378 g/mol. The molecule has 0 bridgehead atoms. The predicted octanol–water partition coefficient (Wildman–Crippen LogP) is 4.74. The minimum Gasteiger partial charge on any atom is -0.486 e. The van der Waals surface area contributed by atoms with Gasteiger partial charge in [0.1, 0.15) is 23.1 Å². The van der Waals surface area contributed by atoms with E-state index in [1.807, 2.05) is 54.6 Å². The lowest BCUT2D eigenvalue weighted by Crippen LogP contribution is -2.25. The van der Waals surface area contributed by atoms with Crippen LogP contribution in [0.2, 0.25) is 0 Å². The molecule has 0 saturated carbocycles. The van der Waals surface area contributed by atoms with Crippen LogP contribution in [0.15, 0.2) is 71.1 Å². The standard InChI is InChI=1S/C21H18N2O3S/c1-23(13-20-22-17-9-5-6-10-19(17)27-20)21(24)18-12-11-16(26-18)14-25-15-7-3-2-4-8-15/h2-12H,13-14H2,1H3. The summed E-state index contributed by atoms with van der Waals surface area (Å²) in [5, 5.41) is 0.895. The Morgan fingerprint density at radius 1 is 1.07 bits per heavy atom. The molecule has 6 heteroatoms.